The van der Waals surface area contributed by atoms with Crippen LogP contribution in [0.4, 0.5) is 0 Å². The van der Waals surface area contributed by atoms with E-state index in [9.17, 15) is 9.59 Å². The molecule has 0 saturated carbocycles. The molecule has 2 aromatic carbocycles. The molecule has 0 unspecified atom stereocenters. The third-order valence-electron chi connectivity index (χ3n) is 5.21. The fourth-order valence-electron chi connectivity index (χ4n) is 3.56. The molecule has 0 aliphatic heterocycles. The van der Waals surface area contributed by atoms with E-state index in [1.165, 1.54) is 0 Å². The number of rotatable bonds is 5. The van der Waals surface area contributed by atoms with Gasteiger partial charge in [-0.2, -0.15) is 10.1 Å². The molecule has 0 saturated heterocycles. The molecule has 0 atom stereocenters. The molecule has 160 valence electrons. The minimum atomic E-state index is -0.394. The zero-order valence-corrected chi connectivity index (χ0v) is 17.4. The smallest absolute Gasteiger partial charge is 0.281 e. The Bertz CT molecular complexity index is 1510. The van der Waals surface area contributed by atoms with E-state index in [2.05, 4.69) is 20.6 Å². The number of amides is 1. The largest absolute Gasteiger partial charge is 0.497 e. The summed E-state index contributed by atoms with van der Waals surface area (Å²) in [4.78, 5) is 29.6. The number of nitrogens with one attached hydrogen (secondary N) is 2. The van der Waals surface area contributed by atoms with Crippen LogP contribution in [0.25, 0.3) is 27.8 Å². The minimum Gasteiger partial charge on any atom is -0.497 e. The molecule has 1 amide bonds. The van der Waals surface area contributed by atoms with Crippen molar-refractivity contribution in [3.63, 3.8) is 0 Å². The van der Waals surface area contributed by atoms with Gasteiger partial charge in [0, 0.05) is 11.1 Å². The molecule has 0 aliphatic rings. The van der Waals surface area contributed by atoms with Gasteiger partial charge >= 0.3 is 0 Å². The van der Waals surface area contributed by atoms with E-state index in [1.54, 1.807) is 29.8 Å². The van der Waals surface area contributed by atoms with Crippen molar-refractivity contribution in [1.82, 2.24) is 25.1 Å². The first-order valence-corrected chi connectivity index (χ1v) is 9.92. The van der Waals surface area contributed by atoms with Crippen LogP contribution in [-0.4, -0.2) is 32.8 Å². The number of hydrogen-bond acceptors (Lipinski definition) is 6. The molecule has 3 heterocycles. The summed E-state index contributed by atoms with van der Waals surface area (Å²) in [5.74, 6) is 1.87. The number of carbonyl (C=O) groups is 1. The number of fused-ring (bicyclic) bond motifs is 3. The number of aryl methyl sites for hydroxylation is 1. The van der Waals surface area contributed by atoms with E-state index in [-0.39, 0.29) is 12.5 Å². The van der Waals surface area contributed by atoms with E-state index in [0.29, 0.717) is 39.3 Å². The fraction of sp³-hybridized carbons (Fsp3) is 0.130. The molecule has 0 radical (unpaired) electrons. The second-order valence-electron chi connectivity index (χ2n) is 7.29. The lowest BCUT2D eigenvalue weighted by atomic mass is 10.1. The maximum absolute atomic E-state index is 12.7. The summed E-state index contributed by atoms with van der Waals surface area (Å²) in [6.07, 6.45) is 0. The van der Waals surface area contributed by atoms with Gasteiger partial charge in [-0.25, -0.2) is 9.73 Å². The number of benzene rings is 2. The van der Waals surface area contributed by atoms with Gasteiger partial charge in [-0.1, -0.05) is 0 Å². The summed E-state index contributed by atoms with van der Waals surface area (Å²) >= 11 is 0. The van der Waals surface area contributed by atoms with Crippen LogP contribution in [0.5, 0.6) is 5.75 Å². The second-order valence-corrected chi connectivity index (χ2v) is 7.29. The maximum Gasteiger partial charge on any atom is 0.281 e. The fourth-order valence-corrected chi connectivity index (χ4v) is 3.56. The average molecular weight is 429 g/mol. The predicted octanol–water partition coefficient (Wildman–Crippen LogP) is 3.08. The normalized spacial score (nSPS) is 11.2. The van der Waals surface area contributed by atoms with Crippen LogP contribution in [-0.2, 0) is 6.54 Å². The summed E-state index contributed by atoms with van der Waals surface area (Å²) in [7, 11) is 1.59. The van der Waals surface area contributed by atoms with Crippen LogP contribution in [0.1, 0.15) is 21.9 Å². The van der Waals surface area contributed by atoms with Crippen molar-refractivity contribution < 1.29 is 13.9 Å². The van der Waals surface area contributed by atoms with Crippen molar-refractivity contribution in [3.8, 4) is 17.0 Å². The van der Waals surface area contributed by atoms with E-state index in [1.807, 2.05) is 43.3 Å². The molecule has 0 aliphatic carbocycles. The molecule has 0 bridgehead atoms. The standard InChI is InChI=1S/C23H19N5O4/c1-13-3-7-17(32-13)12-24-22(29)15-6-10-18-19(11-15)28-21(25-23(18)30)20(26-27-28)14-4-8-16(31-2)9-5-14/h3-11,27H,12H2,1-2H3,(H,24,29). The number of furan rings is 1. The minimum absolute atomic E-state index is 0.266. The second kappa shape index (κ2) is 7.69. The van der Waals surface area contributed by atoms with Crippen molar-refractivity contribution in [3.05, 3.63) is 82.0 Å². The van der Waals surface area contributed by atoms with Crippen LogP contribution in [0.15, 0.2) is 63.8 Å². The van der Waals surface area contributed by atoms with Gasteiger partial charge < -0.3 is 14.5 Å². The van der Waals surface area contributed by atoms with Gasteiger partial charge in [-0.3, -0.25) is 9.59 Å². The number of carbonyl (C=O) groups excluding carboxylic acids is 1. The van der Waals surface area contributed by atoms with Gasteiger partial charge in [-0.05, 0) is 61.5 Å². The third kappa shape index (κ3) is 3.39. The third-order valence-corrected chi connectivity index (χ3v) is 5.21. The Morgan fingerprint density at radius 2 is 1.97 bits per heavy atom. The van der Waals surface area contributed by atoms with E-state index >= 15 is 0 Å². The SMILES string of the molecule is COc1ccc(-c2n[nH]n3c2nc(=O)c2ccc(C(=O)NCc4ccc(C)o4)cc23)cc1. The monoisotopic (exact) mass is 429 g/mol. The molecule has 9 nitrogen and oxygen atoms in total. The number of hydrogen-bond donors (Lipinski definition) is 2. The zero-order chi connectivity index (χ0) is 22.2. The summed E-state index contributed by atoms with van der Waals surface area (Å²) in [6.45, 7) is 2.11. The molecular weight excluding hydrogens is 410 g/mol. The number of methoxy groups -OCH3 is 1. The molecule has 5 rings (SSSR count). The Kier molecular flexibility index (Phi) is 4.70. The lowest BCUT2D eigenvalue weighted by molar-refractivity contribution is 0.0948. The summed E-state index contributed by atoms with van der Waals surface area (Å²) in [6, 6.07) is 15.8. The Morgan fingerprint density at radius 3 is 2.69 bits per heavy atom. The first-order valence-electron chi connectivity index (χ1n) is 9.92. The average Bonchev–Trinajstić information content (AvgIpc) is 3.43. The highest BCUT2D eigenvalue weighted by Crippen LogP contribution is 2.25. The molecule has 5 aromatic rings. The topological polar surface area (TPSA) is 115 Å². The number of aromatic amines is 1. The van der Waals surface area contributed by atoms with E-state index in [4.69, 9.17) is 9.15 Å². The highest BCUT2D eigenvalue weighted by Gasteiger charge is 2.16. The first-order chi connectivity index (χ1) is 15.5. The van der Waals surface area contributed by atoms with Gasteiger partial charge in [0.05, 0.1) is 24.6 Å². The molecule has 9 heteroatoms. The van der Waals surface area contributed by atoms with Gasteiger partial charge in [0.2, 0.25) is 0 Å². The maximum atomic E-state index is 12.7. The molecule has 0 spiro atoms. The lowest BCUT2D eigenvalue weighted by Gasteiger charge is -2.06. The van der Waals surface area contributed by atoms with E-state index in [0.717, 1.165) is 11.3 Å². The predicted molar refractivity (Wildman–Crippen MR) is 118 cm³/mol. The summed E-state index contributed by atoms with van der Waals surface area (Å²) in [5.41, 5.74) is 2.19. The quantitative estimate of drug-likeness (QED) is 0.444. The van der Waals surface area contributed by atoms with Gasteiger partial charge in [0.15, 0.2) is 5.65 Å². The zero-order valence-electron chi connectivity index (χ0n) is 17.4. The highest BCUT2D eigenvalue weighted by molar-refractivity contribution is 5.98. The number of nitrogens with zero attached hydrogens (tertiary/aromatic N) is 3. The van der Waals surface area contributed by atoms with Crippen molar-refractivity contribution in [2.75, 3.05) is 7.11 Å². The van der Waals surface area contributed by atoms with Crippen LogP contribution < -0.4 is 15.6 Å². The number of aromatic nitrogens is 4. The van der Waals surface area contributed by atoms with Gasteiger partial charge in [-0.15, -0.1) is 0 Å². The Morgan fingerprint density at radius 1 is 1.16 bits per heavy atom. The summed E-state index contributed by atoms with van der Waals surface area (Å²) in [5, 5.41) is 10.5. The summed E-state index contributed by atoms with van der Waals surface area (Å²) < 4.78 is 12.3. The lowest BCUT2D eigenvalue weighted by Crippen LogP contribution is -2.23. The highest BCUT2D eigenvalue weighted by atomic mass is 16.5. The van der Waals surface area contributed by atoms with Crippen LogP contribution in [0, 0.1) is 6.92 Å². The Labute approximate surface area is 181 Å². The van der Waals surface area contributed by atoms with Crippen molar-refractivity contribution in [1.29, 1.82) is 0 Å². The first kappa shape index (κ1) is 19.6. The van der Waals surface area contributed by atoms with Gasteiger partial charge in [0.25, 0.3) is 11.5 Å². The molecular formula is C23H19N5O4. The van der Waals surface area contributed by atoms with E-state index < -0.39 is 5.56 Å². The van der Waals surface area contributed by atoms with Crippen molar-refractivity contribution in [2.24, 2.45) is 0 Å². The molecule has 3 aromatic heterocycles. The Balaban J connectivity index is 1.54. The molecule has 0 fully saturated rings. The molecule has 32 heavy (non-hydrogen) atoms. The molecule has 2 N–H and O–H groups in total. The van der Waals surface area contributed by atoms with Crippen LogP contribution >= 0.6 is 0 Å². The number of ether oxygens (including phenoxy) is 1. The van der Waals surface area contributed by atoms with Gasteiger partial charge in [0.1, 0.15) is 23.0 Å². The Hall–Kier alpha value is -4.40. The number of H-pyrrole nitrogens is 1. The van der Waals surface area contributed by atoms with Crippen molar-refractivity contribution >= 4 is 22.5 Å². The van der Waals surface area contributed by atoms with Crippen LogP contribution in [0.2, 0.25) is 0 Å². The van der Waals surface area contributed by atoms with Crippen LogP contribution in [0.3, 0.4) is 0 Å². The van der Waals surface area contributed by atoms with Crippen molar-refractivity contribution in [2.45, 2.75) is 13.5 Å².